The fourth-order valence-corrected chi connectivity index (χ4v) is 3.98. The number of halogens is 3. The topological polar surface area (TPSA) is 86.6 Å². The van der Waals surface area contributed by atoms with Crippen LogP contribution in [-0.4, -0.2) is 33.5 Å². The zero-order valence-electron chi connectivity index (χ0n) is 16.3. The smallest absolute Gasteiger partial charge is 0.313 e. The number of allylic oxidation sites excluding steroid dienone is 1. The minimum absolute atomic E-state index is 0.0429. The lowest BCUT2D eigenvalue weighted by Gasteiger charge is -2.32. The Bertz CT molecular complexity index is 1070. The van der Waals surface area contributed by atoms with Crippen LogP contribution in [-0.2, 0) is 6.54 Å². The molecular formula is C20H22F3N5OS. The van der Waals surface area contributed by atoms with E-state index < -0.39 is 23.7 Å². The van der Waals surface area contributed by atoms with Crippen LogP contribution in [0.4, 0.5) is 13.2 Å². The molecule has 0 aliphatic carbocycles. The second-order valence-corrected chi connectivity index (χ2v) is 7.49. The molecule has 10 heteroatoms. The van der Waals surface area contributed by atoms with E-state index in [1.807, 2.05) is 0 Å². The summed E-state index contributed by atoms with van der Waals surface area (Å²) in [5.41, 5.74) is 1.37. The van der Waals surface area contributed by atoms with Gasteiger partial charge in [-0.3, -0.25) is 14.8 Å². The molecular weight excluding hydrogens is 415 g/mol. The van der Waals surface area contributed by atoms with E-state index in [0.717, 1.165) is 6.21 Å². The van der Waals surface area contributed by atoms with E-state index in [1.165, 1.54) is 0 Å². The van der Waals surface area contributed by atoms with Crippen molar-refractivity contribution in [3.63, 3.8) is 0 Å². The highest BCUT2D eigenvalue weighted by molar-refractivity contribution is 7.71. The van der Waals surface area contributed by atoms with Gasteiger partial charge < -0.3 is 15.3 Å². The molecule has 3 heterocycles. The van der Waals surface area contributed by atoms with Crippen molar-refractivity contribution < 1.29 is 13.2 Å². The molecule has 1 aliphatic rings. The molecule has 0 spiro atoms. The van der Waals surface area contributed by atoms with E-state index in [-0.39, 0.29) is 36.3 Å². The molecule has 0 aromatic carbocycles. The average molecular weight is 437 g/mol. The molecule has 0 saturated carbocycles. The number of rotatable bonds is 5. The van der Waals surface area contributed by atoms with Crippen molar-refractivity contribution in [2.24, 2.45) is 5.92 Å². The van der Waals surface area contributed by atoms with Gasteiger partial charge in [0.1, 0.15) is 0 Å². The van der Waals surface area contributed by atoms with Gasteiger partial charge >= 0.3 is 6.18 Å². The Morgan fingerprint density at radius 1 is 1.43 bits per heavy atom. The summed E-state index contributed by atoms with van der Waals surface area (Å²) in [5.74, 6) is -1.38. The highest BCUT2D eigenvalue weighted by Crippen LogP contribution is 2.38. The number of H-pyrrole nitrogens is 1. The third kappa shape index (κ3) is 4.59. The van der Waals surface area contributed by atoms with Crippen LogP contribution in [0.25, 0.3) is 6.08 Å². The number of nitrogens with one attached hydrogen (secondary N) is 3. The molecule has 0 amide bonds. The van der Waals surface area contributed by atoms with Crippen molar-refractivity contribution in [1.82, 2.24) is 19.9 Å². The van der Waals surface area contributed by atoms with Crippen LogP contribution >= 0.6 is 12.2 Å². The molecule has 0 radical (unpaired) electrons. The third-order valence-corrected chi connectivity index (χ3v) is 5.52. The second kappa shape index (κ2) is 9.05. The second-order valence-electron chi connectivity index (χ2n) is 7.11. The summed E-state index contributed by atoms with van der Waals surface area (Å²) in [6.45, 7) is 2.24. The van der Waals surface area contributed by atoms with Gasteiger partial charge in [0.25, 0.3) is 5.56 Å². The van der Waals surface area contributed by atoms with Crippen LogP contribution in [0.3, 0.4) is 0 Å². The number of aromatic amines is 1. The maximum absolute atomic E-state index is 13.3. The van der Waals surface area contributed by atoms with Crippen molar-refractivity contribution in [2.45, 2.75) is 38.5 Å². The monoisotopic (exact) mass is 437 g/mol. The van der Waals surface area contributed by atoms with Gasteiger partial charge in [-0.2, -0.15) is 13.2 Å². The lowest BCUT2D eigenvalue weighted by molar-refractivity contribution is -0.183. The van der Waals surface area contributed by atoms with Crippen molar-refractivity contribution in [3.8, 4) is 0 Å². The Morgan fingerprint density at radius 2 is 2.20 bits per heavy atom. The molecule has 3 rings (SSSR count). The van der Waals surface area contributed by atoms with Crippen LogP contribution < -0.4 is 10.9 Å². The standard InChI is InChI=1S/C20H22F3N5OS/c1-2-4-16-14(10-24)18(29)27-19(30)28(16)11-12-5-3-7-26-17(12)15-9-13(6-8-25-15)20(21,22)23/h2-5,7,10,13,15,24-25H,6,8-9,11H2,1H3,(H,27,29,30)/b4-2-,24-10?/t13-,15+/m0/s1. The Labute approximate surface area is 176 Å². The number of alkyl halides is 3. The lowest BCUT2D eigenvalue weighted by atomic mass is 9.89. The Hall–Kier alpha value is -2.59. The first-order valence-corrected chi connectivity index (χ1v) is 9.91. The van der Waals surface area contributed by atoms with Crippen LogP contribution in [0.5, 0.6) is 0 Å². The highest BCUT2D eigenvalue weighted by Gasteiger charge is 2.42. The zero-order chi connectivity index (χ0) is 21.9. The van der Waals surface area contributed by atoms with Crippen LogP contribution in [0, 0.1) is 16.1 Å². The largest absolute Gasteiger partial charge is 0.391 e. The van der Waals surface area contributed by atoms with E-state index >= 15 is 0 Å². The lowest BCUT2D eigenvalue weighted by Crippen LogP contribution is -2.38. The summed E-state index contributed by atoms with van der Waals surface area (Å²) in [6, 6.07) is 2.97. The van der Waals surface area contributed by atoms with Gasteiger partial charge in [-0.15, -0.1) is 0 Å². The molecule has 0 unspecified atom stereocenters. The minimum Gasteiger partial charge on any atom is -0.313 e. The molecule has 2 aromatic heterocycles. The third-order valence-electron chi connectivity index (χ3n) is 5.20. The first kappa shape index (κ1) is 22.1. The number of hydrogen-bond donors (Lipinski definition) is 3. The van der Waals surface area contributed by atoms with Gasteiger partial charge in [-0.1, -0.05) is 12.1 Å². The minimum atomic E-state index is -4.24. The summed E-state index contributed by atoms with van der Waals surface area (Å²) < 4.78 is 41.6. The fourth-order valence-electron chi connectivity index (χ4n) is 3.73. The number of nitrogens with zero attached hydrogens (tertiary/aromatic N) is 2. The summed E-state index contributed by atoms with van der Waals surface area (Å²) in [5, 5.41) is 10.7. The summed E-state index contributed by atoms with van der Waals surface area (Å²) in [7, 11) is 0. The number of piperidine rings is 1. The van der Waals surface area contributed by atoms with Gasteiger partial charge in [0.05, 0.1) is 35.5 Å². The average Bonchev–Trinajstić information content (AvgIpc) is 2.71. The quantitative estimate of drug-likeness (QED) is 0.488. The van der Waals surface area contributed by atoms with E-state index in [4.69, 9.17) is 17.6 Å². The van der Waals surface area contributed by atoms with E-state index in [9.17, 15) is 18.0 Å². The van der Waals surface area contributed by atoms with Crippen LogP contribution in [0.1, 0.15) is 48.3 Å². The molecule has 2 aromatic rings. The van der Waals surface area contributed by atoms with Crippen molar-refractivity contribution in [1.29, 1.82) is 5.41 Å². The number of pyridine rings is 1. The zero-order valence-corrected chi connectivity index (χ0v) is 17.1. The van der Waals surface area contributed by atoms with Crippen molar-refractivity contribution in [3.05, 3.63) is 62.0 Å². The summed E-state index contributed by atoms with van der Waals surface area (Å²) >= 11 is 5.33. The molecule has 3 N–H and O–H groups in total. The summed E-state index contributed by atoms with van der Waals surface area (Å²) in [4.78, 5) is 19.1. The Balaban J connectivity index is 2.04. The Morgan fingerprint density at radius 3 is 2.87 bits per heavy atom. The molecule has 1 aliphatic heterocycles. The molecule has 160 valence electrons. The first-order valence-electron chi connectivity index (χ1n) is 9.50. The normalized spacial score (nSPS) is 19.9. The van der Waals surface area contributed by atoms with Gasteiger partial charge in [0, 0.05) is 12.4 Å². The van der Waals surface area contributed by atoms with Gasteiger partial charge in [-0.25, -0.2) is 0 Å². The predicted octanol–water partition coefficient (Wildman–Crippen LogP) is 3.98. The maximum atomic E-state index is 13.3. The molecule has 0 bridgehead atoms. The van der Waals surface area contributed by atoms with Crippen molar-refractivity contribution >= 4 is 24.5 Å². The van der Waals surface area contributed by atoms with E-state index in [2.05, 4.69) is 15.3 Å². The molecule has 30 heavy (non-hydrogen) atoms. The van der Waals surface area contributed by atoms with Crippen LogP contribution in [0.2, 0.25) is 0 Å². The molecule has 1 fully saturated rings. The Kier molecular flexibility index (Phi) is 6.67. The fraction of sp³-hybridized carbons (Fsp3) is 0.400. The molecule has 1 saturated heterocycles. The van der Waals surface area contributed by atoms with Crippen LogP contribution in [0.15, 0.2) is 29.2 Å². The highest BCUT2D eigenvalue weighted by atomic mass is 32.1. The van der Waals surface area contributed by atoms with Gasteiger partial charge in [0.15, 0.2) is 4.77 Å². The van der Waals surface area contributed by atoms with E-state index in [1.54, 1.807) is 42.0 Å². The molecule has 2 atom stereocenters. The number of aromatic nitrogens is 3. The predicted molar refractivity (Wildman–Crippen MR) is 111 cm³/mol. The molecule has 6 nitrogen and oxygen atoms in total. The van der Waals surface area contributed by atoms with Crippen molar-refractivity contribution in [2.75, 3.05) is 6.54 Å². The SMILES string of the molecule is C/C=C\c1c(C=N)c(=O)[nH]c(=S)n1Cc1cccnc1[C@H]1C[C@@H](C(F)(F)F)CCN1. The maximum Gasteiger partial charge on any atom is 0.391 e. The number of hydrogen-bond acceptors (Lipinski definition) is 5. The van der Waals surface area contributed by atoms with E-state index in [0.29, 0.717) is 17.0 Å². The first-order chi connectivity index (χ1) is 14.3. The van der Waals surface area contributed by atoms with Gasteiger partial charge in [0.2, 0.25) is 0 Å². The summed E-state index contributed by atoms with van der Waals surface area (Å²) in [6.07, 6.45) is 1.64. The van der Waals surface area contributed by atoms with Gasteiger partial charge in [-0.05, 0) is 56.2 Å².